The normalized spacial score (nSPS) is 24.1. The van der Waals surface area contributed by atoms with E-state index >= 15 is 0 Å². The molecule has 3 nitrogen and oxygen atoms in total. The van der Waals surface area contributed by atoms with Gasteiger partial charge in [-0.3, -0.25) is 0 Å². The highest BCUT2D eigenvalue weighted by atomic mass is 19.3. The number of hydrogen-bond donors (Lipinski definition) is 2. The van der Waals surface area contributed by atoms with Crippen LogP contribution in [0, 0.1) is 5.92 Å². The van der Waals surface area contributed by atoms with E-state index in [2.05, 4.69) is 6.58 Å². The van der Waals surface area contributed by atoms with Gasteiger partial charge in [0.2, 0.25) is 5.92 Å². The van der Waals surface area contributed by atoms with Gasteiger partial charge in [0, 0.05) is 18.8 Å². The number of rotatable bonds is 4. The summed E-state index contributed by atoms with van der Waals surface area (Å²) in [6.45, 7) is 3.58. The first-order valence-electron chi connectivity index (χ1n) is 6.36. The van der Waals surface area contributed by atoms with Crippen molar-refractivity contribution in [1.29, 1.82) is 0 Å². The van der Waals surface area contributed by atoms with Crippen LogP contribution in [-0.4, -0.2) is 22.1 Å². The minimum Gasteiger partial charge on any atom is -0.479 e. The third kappa shape index (κ3) is 2.45. The summed E-state index contributed by atoms with van der Waals surface area (Å²) in [4.78, 5) is 11.5. The van der Waals surface area contributed by atoms with Gasteiger partial charge in [-0.2, -0.15) is 0 Å². The maximum Gasteiger partial charge on any atom is 0.340 e. The fourth-order valence-electron chi connectivity index (χ4n) is 2.71. The van der Waals surface area contributed by atoms with Crippen LogP contribution in [0.25, 0.3) is 6.08 Å². The zero-order valence-corrected chi connectivity index (χ0v) is 10.9. The first-order chi connectivity index (χ1) is 9.29. The minimum absolute atomic E-state index is 0.0149. The van der Waals surface area contributed by atoms with E-state index in [-0.39, 0.29) is 12.0 Å². The van der Waals surface area contributed by atoms with Crippen LogP contribution in [0.5, 0.6) is 0 Å². The molecule has 0 aromatic heterocycles. The van der Waals surface area contributed by atoms with Gasteiger partial charge >= 0.3 is 5.97 Å². The SMILES string of the molecule is C=Cc1ccc([C@@](O)(C(=O)O)[C@@H]2CCC(F)(F)C2)cc1. The lowest BCUT2D eigenvalue weighted by atomic mass is 9.80. The molecule has 0 spiro atoms. The Bertz CT molecular complexity index is 524. The Hall–Kier alpha value is -1.75. The van der Waals surface area contributed by atoms with E-state index in [1.165, 1.54) is 12.1 Å². The lowest BCUT2D eigenvalue weighted by molar-refractivity contribution is -0.167. The molecule has 0 radical (unpaired) electrons. The molecule has 0 amide bonds. The van der Waals surface area contributed by atoms with E-state index < -0.39 is 36.3 Å². The van der Waals surface area contributed by atoms with Gasteiger partial charge in [-0.1, -0.05) is 36.9 Å². The molecule has 1 saturated carbocycles. The number of benzene rings is 1. The number of carbonyl (C=O) groups is 1. The Morgan fingerprint density at radius 3 is 2.40 bits per heavy atom. The Morgan fingerprint density at radius 2 is 2.00 bits per heavy atom. The van der Waals surface area contributed by atoms with Crippen molar-refractivity contribution in [2.45, 2.75) is 30.8 Å². The molecule has 108 valence electrons. The summed E-state index contributed by atoms with van der Waals surface area (Å²) in [5.41, 5.74) is -1.39. The highest BCUT2D eigenvalue weighted by Gasteiger charge is 2.53. The third-order valence-corrected chi connectivity index (χ3v) is 3.91. The lowest BCUT2D eigenvalue weighted by Gasteiger charge is -2.30. The van der Waals surface area contributed by atoms with E-state index in [4.69, 9.17) is 0 Å². The molecule has 1 aromatic carbocycles. The molecule has 0 bridgehead atoms. The topological polar surface area (TPSA) is 57.5 Å². The maximum atomic E-state index is 13.3. The Balaban J connectivity index is 2.38. The van der Waals surface area contributed by atoms with Gasteiger partial charge in [0.05, 0.1) is 0 Å². The van der Waals surface area contributed by atoms with E-state index in [9.17, 15) is 23.8 Å². The minimum atomic E-state index is -2.91. The van der Waals surface area contributed by atoms with Gasteiger partial charge in [-0.25, -0.2) is 13.6 Å². The van der Waals surface area contributed by atoms with Crippen LogP contribution in [0.3, 0.4) is 0 Å². The van der Waals surface area contributed by atoms with Gasteiger partial charge in [-0.15, -0.1) is 0 Å². The Kier molecular flexibility index (Phi) is 3.65. The van der Waals surface area contributed by atoms with Crippen molar-refractivity contribution >= 4 is 12.0 Å². The standard InChI is InChI=1S/C15H16F2O3/c1-2-10-3-5-11(6-4-10)15(20,13(18)19)12-7-8-14(16,17)9-12/h2-6,12,20H,1,7-9H2,(H,18,19)/t12-,15+/m1/s1. The molecule has 1 aliphatic rings. The van der Waals surface area contributed by atoms with Crippen molar-refractivity contribution < 1.29 is 23.8 Å². The fraction of sp³-hybridized carbons (Fsp3) is 0.400. The largest absolute Gasteiger partial charge is 0.479 e. The van der Waals surface area contributed by atoms with E-state index in [1.807, 2.05) is 0 Å². The summed E-state index contributed by atoms with van der Waals surface area (Å²) in [5, 5.41) is 19.8. The Labute approximate surface area is 115 Å². The number of halogens is 2. The number of carboxylic acids is 1. The van der Waals surface area contributed by atoms with Crippen molar-refractivity contribution in [1.82, 2.24) is 0 Å². The summed E-state index contributed by atoms with van der Waals surface area (Å²) >= 11 is 0. The first kappa shape index (κ1) is 14.7. The molecule has 2 N–H and O–H groups in total. The smallest absolute Gasteiger partial charge is 0.340 e. The molecule has 2 rings (SSSR count). The second-order valence-corrected chi connectivity index (χ2v) is 5.19. The molecule has 1 aromatic rings. The summed E-state index contributed by atoms with van der Waals surface area (Å²) in [7, 11) is 0. The number of hydrogen-bond acceptors (Lipinski definition) is 2. The molecule has 5 heteroatoms. The second-order valence-electron chi connectivity index (χ2n) is 5.19. The zero-order valence-electron chi connectivity index (χ0n) is 10.9. The van der Waals surface area contributed by atoms with Crippen LogP contribution in [-0.2, 0) is 10.4 Å². The summed E-state index contributed by atoms with van der Waals surface area (Å²) < 4.78 is 26.6. The lowest BCUT2D eigenvalue weighted by Crippen LogP contribution is -2.42. The van der Waals surface area contributed by atoms with Crippen LogP contribution in [0.2, 0.25) is 0 Å². The number of carboxylic acid groups (broad SMARTS) is 1. The summed E-state index contributed by atoms with van der Waals surface area (Å²) in [6, 6.07) is 6.09. The molecule has 0 saturated heterocycles. The average molecular weight is 282 g/mol. The van der Waals surface area contributed by atoms with Crippen LogP contribution >= 0.6 is 0 Å². The zero-order chi connectivity index (χ0) is 15.0. The van der Waals surface area contributed by atoms with Gasteiger partial charge in [0.15, 0.2) is 5.60 Å². The van der Waals surface area contributed by atoms with Gasteiger partial charge in [-0.05, 0) is 17.5 Å². The van der Waals surface area contributed by atoms with Crippen molar-refractivity contribution in [2.24, 2.45) is 5.92 Å². The summed E-state index contributed by atoms with van der Waals surface area (Å²) in [6.07, 6.45) is 0.559. The molecule has 0 aliphatic heterocycles. The third-order valence-electron chi connectivity index (χ3n) is 3.91. The van der Waals surface area contributed by atoms with Crippen LogP contribution in [0.1, 0.15) is 30.4 Å². The molecule has 2 atom stereocenters. The second kappa shape index (κ2) is 4.98. The van der Waals surface area contributed by atoms with Crippen LogP contribution < -0.4 is 0 Å². The van der Waals surface area contributed by atoms with Crippen molar-refractivity contribution in [3.63, 3.8) is 0 Å². The van der Waals surface area contributed by atoms with Crippen molar-refractivity contribution in [2.75, 3.05) is 0 Å². The molecule has 1 fully saturated rings. The van der Waals surface area contributed by atoms with E-state index in [1.54, 1.807) is 18.2 Å². The first-order valence-corrected chi connectivity index (χ1v) is 6.36. The van der Waals surface area contributed by atoms with Crippen molar-refractivity contribution in [3.05, 3.63) is 42.0 Å². The average Bonchev–Trinajstić information content (AvgIpc) is 2.78. The Morgan fingerprint density at radius 1 is 1.40 bits per heavy atom. The number of aliphatic carboxylic acids is 1. The van der Waals surface area contributed by atoms with E-state index in [0.717, 1.165) is 5.56 Å². The van der Waals surface area contributed by atoms with E-state index in [0.29, 0.717) is 0 Å². The van der Waals surface area contributed by atoms with Gasteiger partial charge < -0.3 is 10.2 Å². The number of alkyl halides is 2. The number of aliphatic hydroxyl groups is 1. The van der Waals surface area contributed by atoms with Crippen LogP contribution in [0.4, 0.5) is 8.78 Å². The molecule has 0 heterocycles. The maximum absolute atomic E-state index is 13.3. The quantitative estimate of drug-likeness (QED) is 0.892. The van der Waals surface area contributed by atoms with Crippen LogP contribution in [0.15, 0.2) is 30.8 Å². The highest BCUT2D eigenvalue weighted by molar-refractivity contribution is 5.79. The highest BCUT2D eigenvalue weighted by Crippen LogP contribution is 2.47. The van der Waals surface area contributed by atoms with Gasteiger partial charge in [0.25, 0.3) is 0 Å². The molecule has 0 unspecified atom stereocenters. The predicted octanol–water partition coefficient (Wildman–Crippen LogP) is 3.04. The molecule has 1 aliphatic carbocycles. The molecular weight excluding hydrogens is 266 g/mol. The fourth-order valence-corrected chi connectivity index (χ4v) is 2.71. The van der Waals surface area contributed by atoms with Crippen molar-refractivity contribution in [3.8, 4) is 0 Å². The molecular formula is C15H16F2O3. The van der Waals surface area contributed by atoms with Gasteiger partial charge in [0.1, 0.15) is 0 Å². The monoisotopic (exact) mass is 282 g/mol. The predicted molar refractivity (Wildman–Crippen MR) is 70.4 cm³/mol. The summed E-state index contributed by atoms with van der Waals surface area (Å²) in [5.74, 6) is -5.40. The molecule has 20 heavy (non-hydrogen) atoms.